The second-order valence-electron chi connectivity index (χ2n) is 5.18. The molecule has 0 spiro atoms. The molecule has 94 valence electrons. The molecule has 3 nitrogen and oxygen atoms in total. The van der Waals surface area contributed by atoms with Gasteiger partial charge in [0.05, 0.1) is 5.52 Å². The van der Waals surface area contributed by atoms with Crippen LogP contribution in [0.2, 0.25) is 0 Å². The highest BCUT2D eigenvalue weighted by Gasteiger charge is 2.17. The summed E-state index contributed by atoms with van der Waals surface area (Å²) in [5.74, 6) is 0. The van der Waals surface area contributed by atoms with Gasteiger partial charge in [0.1, 0.15) is 0 Å². The normalized spacial score (nSPS) is 20.3. The summed E-state index contributed by atoms with van der Waals surface area (Å²) < 4.78 is 0. The highest BCUT2D eigenvalue weighted by atomic mass is 15.1. The van der Waals surface area contributed by atoms with Crippen LogP contribution in [-0.4, -0.2) is 24.1 Å². The lowest BCUT2D eigenvalue weighted by molar-refractivity contribution is 0.506. The van der Waals surface area contributed by atoms with E-state index in [4.69, 9.17) is 5.73 Å². The molecule has 0 bridgehead atoms. The molecule has 1 unspecified atom stereocenters. The van der Waals surface area contributed by atoms with Gasteiger partial charge < -0.3 is 10.6 Å². The number of anilines is 1. The van der Waals surface area contributed by atoms with E-state index in [1.165, 1.54) is 17.5 Å². The summed E-state index contributed by atoms with van der Waals surface area (Å²) in [6, 6.07) is 11.0. The van der Waals surface area contributed by atoms with E-state index < -0.39 is 0 Å². The number of aryl methyl sites for hydroxylation is 1. The zero-order chi connectivity index (χ0) is 12.5. The van der Waals surface area contributed by atoms with Crippen molar-refractivity contribution < 1.29 is 0 Å². The Balaban J connectivity index is 1.95. The van der Waals surface area contributed by atoms with Crippen molar-refractivity contribution in [2.45, 2.75) is 25.8 Å². The Morgan fingerprint density at radius 1 is 1.28 bits per heavy atom. The molecule has 2 aromatic rings. The molecule has 1 saturated heterocycles. The number of nitrogens with zero attached hydrogens (tertiary/aromatic N) is 2. The van der Waals surface area contributed by atoms with Crippen LogP contribution < -0.4 is 10.6 Å². The summed E-state index contributed by atoms with van der Waals surface area (Å²) in [5, 5.41) is 1.21. The summed E-state index contributed by atoms with van der Waals surface area (Å²) in [4.78, 5) is 6.92. The Morgan fingerprint density at radius 3 is 3.00 bits per heavy atom. The molecule has 3 heteroatoms. The van der Waals surface area contributed by atoms with Crippen LogP contribution in [0.15, 0.2) is 30.3 Å². The maximum atomic E-state index is 6.04. The van der Waals surface area contributed by atoms with Crippen molar-refractivity contribution in [3.8, 4) is 0 Å². The van der Waals surface area contributed by atoms with Gasteiger partial charge in [0.2, 0.25) is 0 Å². The molecule has 2 N–H and O–H groups in total. The smallest absolute Gasteiger partial charge is 0.0706 e. The number of pyridine rings is 1. The van der Waals surface area contributed by atoms with Crippen LogP contribution in [0.1, 0.15) is 18.5 Å². The summed E-state index contributed by atoms with van der Waals surface area (Å²) in [6.45, 7) is 4.10. The van der Waals surface area contributed by atoms with E-state index in [1.807, 2.05) is 6.92 Å². The van der Waals surface area contributed by atoms with Crippen LogP contribution in [0.25, 0.3) is 10.9 Å². The molecule has 1 fully saturated rings. The van der Waals surface area contributed by atoms with E-state index >= 15 is 0 Å². The van der Waals surface area contributed by atoms with Crippen LogP contribution in [0, 0.1) is 6.92 Å². The average Bonchev–Trinajstić information content (AvgIpc) is 2.38. The van der Waals surface area contributed by atoms with Crippen molar-refractivity contribution in [3.63, 3.8) is 0 Å². The Hall–Kier alpha value is -1.61. The second-order valence-corrected chi connectivity index (χ2v) is 5.18. The summed E-state index contributed by atoms with van der Waals surface area (Å²) in [7, 11) is 0. The number of hydrogen-bond donors (Lipinski definition) is 1. The molecule has 3 rings (SSSR count). The Kier molecular flexibility index (Phi) is 2.92. The second kappa shape index (κ2) is 4.58. The fourth-order valence-corrected chi connectivity index (χ4v) is 2.66. The summed E-state index contributed by atoms with van der Waals surface area (Å²) in [5.41, 5.74) is 9.44. The van der Waals surface area contributed by atoms with Gasteiger partial charge in [-0.3, -0.25) is 4.98 Å². The first-order valence-corrected chi connectivity index (χ1v) is 6.60. The SMILES string of the molecule is Cc1ccc2cc(N3CCCC(N)C3)ccc2n1. The predicted octanol–water partition coefficient (Wildman–Crippen LogP) is 2.47. The van der Waals surface area contributed by atoms with Crippen molar-refractivity contribution >= 4 is 16.6 Å². The van der Waals surface area contributed by atoms with E-state index in [2.05, 4.69) is 40.2 Å². The molecular weight excluding hydrogens is 222 g/mol. The molecule has 0 aliphatic carbocycles. The highest BCUT2D eigenvalue weighted by molar-refractivity contribution is 5.82. The monoisotopic (exact) mass is 241 g/mol. The topological polar surface area (TPSA) is 42.1 Å². The number of piperidine rings is 1. The molecule has 18 heavy (non-hydrogen) atoms. The lowest BCUT2D eigenvalue weighted by Gasteiger charge is -2.32. The molecule has 1 aliphatic heterocycles. The Labute approximate surface area is 108 Å². The van der Waals surface area contributed by atoms with E-state index in [0.717, 1.165) is 30.7 Å². The van der Waals surface area contributed by atoms with Crippen LogP contribution in [0.4, 0.5) is 5.69 Å². The quantitative estimate of drug-likeness (QED) is 0.834. The lowest BCUT2D eigenvalue weighted by Crippen LogP contribution is -2.42. The van der Waals surface area contributed by atoms with Crippen LogP contribution in [0.3, 0.4) is 0 Å². The third-order valence-corrected chi connectivity index (χ3v) is 3.64. The van der Waals surface area contributed by atoms with Crippen LogP contribution >= 0.6 is 0 Å². The van der Waals surface area contributed by atoms with E-state index in [-0.39, 0.29) is 0 Å². The van der Waals surface area contributed by atoms with Gasteiger partial charge in [-0.05, 0) is 44.0 Å². The number of hydrogen-bond acceptors (Lipinski definition) is 3. The van der Waals surface area contributed by atoms with Gasteiger partial charge in [-0.2, -0.15) is 0 Å². The predicted molar refractivity (Wildman–Crippen MR) is 75.9 cm³/mol. The van der Waals surface area contributed by atoms with E-state index in [0.29, 0.717) is 6.04 Å². The van der Waals surface area contributed by atoms with Crippen molar-refractivity contribution in [2.24, 2.45) is 5.73 Å². The molecule has 1 aromatic carbocycles. The fraction of sp³-hybridized carbons (Fsp3) is 0.400. The van der Waals surface area contributed by atoms with Gasteiger partial charge in [-0.1, -0.05) is 6.07 Å². The summed E-state index contributed by atoms with van der Waals surface area (Å²) in [6.07, 6.45) is 2.33. The minimum atomic E-state index is 0.311. The maximum absolute atomic E-state index is 6.04. The van der Waals surface area contributed by atoms with Gasteiger partial charge in [0.25, 0.3) is 0 Å². The largest absolute Gasteiger partial charge is 0.370 e. The van der Waals surface area contributed by atoms with Gasteiger partial charge in [0.15, 0.2) is 0 Å². The molecular formula is C15H19N3. The number of nitrogens with two attached hydrogens (primary N) is 1. The van der Waals surface area contributed by atoms with Crippen molar-refractivity contribution in [2.75, 3.05) is 18.0 Å². The fourth-order valence-electron chi connectivity index (χ4n) is 2.66. The Morgan fingerprint density at radius 2 is 2.17 bits per heavy atom. The van der Waals surface area contributed by atoms with Crippen molar-refractivity contribution in [1.29, 1.82) is 0 Å². The molecule has 1 atom stereocenters. The standard InChI is InChI=1S/C15H19N3/c1-11-4-5-12-9-14(6-7-15(12)17-11)18-8-2-3-13(16)10-18/h4-7,9,13H,2-3,8,10,16H2,1H3. The number of fused-ring (bicyclic) bond motifs is 1. The maximum Gasteiger partial charge on any atom is 0.0706 e. The van der Waals surface area contributed by atoms with Crippen LogP contribution in [-0.2, 0) is 0 Å². The minimum absolute atomic E-state index is 0.311. The molecule has 0 saturated carbocycles. The number of benzene rings is 1. The molecule has 0 amide bonds. The van der Waals surface area contributed by atoms with E-state index in [1.54, 1.807) is 0 Å². The number of aromatic nitrogens is 1. The first-order valence-electron chi connectivity index (χ1n) is 6.60. The minimum Gasteiger partial charge on any atom is -0.370 e. The highest BCUT2D eigenvalue weighted by Crippen LogP contribution is 2.23. The summed E-state index contributed by atoms with van der Waals surface area (Å²) >= 11 is 0. The Bertz CT molecular complexity index is 565. The zero-order valence-electron chi connectivity index (χ0n) is 10.8. The molecule has 1 aliphatic rings. The lowest BCUT2D eigenvalue weighted by atomic mass is 10.1. The molecule has 0 radical (unpaired) electrons. The van der Waals surface area contributed by atoms with Gasteiger partial charge >= 0.3 is 0 Å². The third kappa shape index (κ3) is 2.18. The van der Waals surface area contributed by atoms with Gasteiger partial charge in [-0.25, -0.2) is 0 Å². The van der Waals surface area contributed by atoms with Gasteiger partial charge in [0, 0.05) is 35.9 Å². The number of rotatable bonds is 1. The average molecular weight is 241 g/mol. The van der Waals surface area contributed by atoms with Crippen molar-refractivity contribution in [1.82, 2.24) is 4.98 Å². The first-order chi connectivity index (χ1) is 8.72. The van der Waals surface area contributed by atoms with Gasteiger partial charge in [-0.15, -0.1) is 0 Å². The first kappa shape index (κ1) is 11.5. The van der Waals surface area contributed by atoms with E-state index in [9.17, 15) is 0 Å². The zero-order valence-corrected chi connectivity index (χ0v) is 10.8. The third-order valence-electron chi connectivity index (χ3n) is 3.64. The molecule has 2 heterocycles. The molecule has 1 aromatic heterocycles. The van der Waals surface area contributed by atoms with Crippen molar-refractivity contribution in [3.05, 3.63) is 36.0 Å². The van der Waals surface area contributed by atoms with Crippen LogP contribution in [0.5, 0.6) is 0 Å².